The van der Waals surface area contributed by atoms with E-state index in [-0.39, 0.29) is 18.3 Å². The summed E-state index contributed by atoms with van der Waals surface area (Å²) < 4.78 is 0. The van der Waals surface area contributed by atoms with E-state index in [1.807, 2.05) is 24.3 Å². The van der Waals surface area contributed by atoms with Crippen LogP contribution in [0.15, 0.2) is 35.9 Å². The van der Waals surface area contributed by atoms with E-state index in [1.165, 1.54) is 5.57 Å². The van der Waals surface area contributed by atoms with Crippen LogP contribution in [0.5, 0.6) is 0 Å². The number of nitrogens with one attached hydrogen (secondary N) is 2. The summed E-state index contributed by atoms with van der Waals surface area (Å²) in [4.78, 5) is 12.9. The summed E-state index contributed by atoms with van der Waals surface area (Å²) in [5, 5.41) is 7.12. The number of rotatable bonds is 6. The van der Waals surface area contributed by atoms with Gasteiger partial charge in [-0.05, 0) is 43.5 Å². The maximum Gasteiger partial charge on any atom is 0.230 e. The Morgan fingerprint density at radius 2 is 1.91 bits per heavy atom. The van der Waals surface area contributed by atoms with Crippen LogP contribution in [0.4, 0.5) is 0 Å². The average molecular weight is 357 g/mol. The highest BCUT2D eigenvalue weighted by molar-refractivity contribution is 6.30. The molecule has 2 N–H and O–H groups in total. The minimum Gasteiger partial charge on any atom is -0.352 e. The van der Waals surface area contributed by atoms with Gasteiger partial charge in [0.05, 0.1) is 5.41 Å². The van der Waals surface area contributed by atoms with Crippen LogP contribution in [0.25, 0.3) is 0 Å². The van der Waals surface area contributed by atoms with Gasteiger partial charge in [-0.15, -0.1) is 12.4 Å². The predicted octanol–water partition coefficient (Wildman–Crippen LogP) is 3.86. The molecular weight excluding hydrogens is 331 g/mol. The number of carbonyl (C=O) groups is 1. The maximum absolute atomic E-state index is 12.9. The van der Waals surface area contributed by atoms with Crippen LogP contribution in [-0.2, 0) is 10.2 Å². The van der Waals surface area contributed by atoms with Crippen molar-refractivity contribution in [2.45, 2.75) is 38.5 Å². The van der Waals surface area contributed by atoms with E-state index in [1.54, 1.807) is 0 Å². The molecule has 1 aliphatic heterocycles. The molecule has 0 fully saturated rings. The van der Waals surface area contributed by atoms with Crippen molar-refractivity contribution in [1.82, 2.24) is 10.6 Å². The number of hydrogen-bond acceptors (Lipinski definition) is 2. The van der Waals surface area contributed by atoms with E-state index in [4.69, 9.17) is 11.6 Å². The monoisotopic (exact) mass is 356 g/mol. The Labute approximate surface area is 150 Å². The first-order valence-electron chi connectivity index (χ1n) is 8.05. The fourth-order valence-corrected chi connectivity index (χ4v) is 3.20. The Morgan fingerprint density at radius 3 is 2.43 bits per heavy atom. The van der Waals surface area contributed by atoms with Crippen molar-refractivity contribution in [3.8, 4) is 0 Å². The fourth-order valence-electron chi connectivity index (χ4n) is 3.07. The lowest BCUT2D eigenvalue weighted by Gasteiger charge is -2.31. The van der Waals surface area contributed by atoms with Crippen molar-refractivity contribution >= 4 is 29.9 Å². The van der Waals surface area contributed by atoms with Crippen LogP contribution in [-0.4, -0.2) is 25.5 Å². The topological polar surface area (TPSA) is 41.1 Å². The molecule has 1 aromatic carbocycles. The van der Waals surface area contributed by atoms with E-state index in [0.717, 1.165) is 37.9 Å². The van der Waals surface area contributed by atoms with Crippen LogP contribution in [0.3, 0.4) is 0 Å². The summed E-state index contributed by atoms with van der Waals surface area (Å²) in [6.07, 6.45) is 4.73. The second kappa shape index (κ2) is 9.31. The van der Waals surface area contributed by atoms with Crippen molar-refractivity contribution in [2.75, 3.05) is 19.6 Å². The number of amides is 1. The first-order chi connectivity index (χ1) is 10.6. The molecule has 1 aliphatic rings. The lowest BCUT2D eigenvalue weighted by atomic mass is 9.75. The summed E-state index contributed by atoms with van der Waals surface area (Å²) in [6, 6.07) is 7.66. The van der Waals surface area contributed by atoms with Crippen LogP contribution in [0.2, 0.25) is 5.02 Å². The van der Waals surface area contributed by atoms with E-state index >= 15 is 0 Å². The van der Waals surface area contributed by atoms with Gasteiger partial charge in [-0.1, -0.05) is 49.2 Å². The van der Waals surface area contributed by atoms with Gasteiger partial charge in [-0.3, -0.25) is 4.79 Å². The Morgan fingerprint density at radius 1 is 1.26 bits per heavy atom. The molecule has 1 aromatic rings. The Hall–Kier alpha value is -1.03. The smallest absolute Gasteiger partial charge is 0.230 e. The fraction of sp³-hybridized carbons (Fsp3) is 0.500. The Bertz CT molecular complexity index is 536. The van der Waals surface area contributed by atoms with E-state index in [0.29, 0.717) is 11.6 Å². The van der Waals surface area contributed by atoms with E-state index in [9.17, 15) is 4.79 Å². The van der Waals surface area contributed by atoms with E-state index in [2.05, 4.69) is 30.6 Å². The molecule has 3 nitrogen and oxygen atoms in total. The zero-order chi connectivity index (χ0) is 16.0. The van der Waals surface area contributed by atoms with Gasteiger partial charge < -0.3 is 10.6 Å². The third-order valence-electron chi connectivity index (χ3n) is 4.67. The number of carbonyl (C=O) groups excluding carboxylic acids is 1. The summed E-state index contributed by atoms with van der Waals surface area (Å²) in [7, 11) is 0. The van der Waals surface area contributed by atoms with Gasteiger partial charge in [0.25, 0.3) is 0 Å². The molecule has 1 amide bonds. The van der Waals surface area contributed by atoms with E-state index < -0.39 is 5.41 Å². The number of halogens is 2. The minimum absolute atomic E-state index is 0. The summed E-state index contributed by atoms with van der Waals surface area (Å²) in [5.41, 5.74) is 1.88. The highest BCUT2D eigenvalue weighted by Crippen LogP contribution is 2.32. The Balaban J connectivity index is 0.00000264. The molecule has 128 valence electrons. The minimum atomic E-state index is -0.474. The molecule has 0 bridgehead atoms. The third-order valence-corrected chi connectivity index (χ3v) is 4.92. The van der Waals surface area contributed by atoms with Crippen molar-refractivity contribution in [3.63, 3.8) is 0 Å². The predicted molar refractivity (Wildman–Crippen MR) is 99.5 cm³/mol. The second-order valence-corrected chi connectivity index (χ2v) is 6.23. The molecule has 0 saturated heterocycles. The average Bonchev–Trinajstić information content (AvgIpc) is 2.57. The molecule has 1 heterocycles. The summed E-state index contributed by atoms with van der Waals surface area (Å²) >= 11 is 5.98. The maximum atomic E-state index is 12.9. The molecule has 0 aromatic heterocycles. The SMILES string of the molecule is CCC(CC)(C(=O)NCC1=CCNCC1)c1ccc(Cl)cc1.Cl. The second-order valence-electron chi connectivity index (χ2n) is 5.80. The molecule has 0 atom stereocenters. The molecule has 2 rings (SSSR count). The quantitative estimate of drug-likeness (QED) is 0.760. The largest absolute Gasteiger partial charge is 0.352 e. The number of hydrogen-bond donors (Lipinski definition) is 2. The van der Waals surface area contributed by atoms with Gasteiger partial charge in [-0.25, -0.2) is 0 Å². The van der Waals surface area contributed by atoms with Gasteiger partial charge >= 0.3 is 0 Å². The lowest BCUT2D eigenvalue weighted by molar-refractivity contribution is -0.127. The van der Waals surface area contributed by atoms with Crippen molar-refractivity contribution in [3.05, 3.63) is 46.5 Å². The summed E-state index contributed by atoms with van der Waals surface area (Å²) in [6.45, 7) is 6.68. The van der Waals surface area contributed by atoms with Gasteiger partial charge in [0.15, 0.2) is 0 Å². The molecule has 0 unspecified atom stereocenters. The third kappa shape index (κ3) is 4.72. The number of benzene rings is 1. The van der Waals surface area contributed by atoms with Gasteiger partial charge in [0, 0.05) is 18.1 Å². The standard InChI is InChI=1S/C18H25ClN2O.ClH/c1-3-18(4-2,15-5-7-16(19)8-6-15)17(22)21-13-14-9-11-20-12-10-14;/h5-9,20H,3-4,10-13H2,1-2H3,(H,21,22);1H. The molecule has 0 saturated carbocycles. The molecule has 0 spiro atoms. The van der Waals surface area contributed by atoms with Crippen LogP contribution >= 0.6 is 24.0 Å². The normalized spacial score (nSPS) is 14.7. The van der Waals surface area contributed by atoms with Gasteiger partial charge in [-0.2, -0.15) is 0 Å². The zero-order valence-electron chi connectivity index (χ0n) is 13.8. The molecule has 5 heteroatoms. The van der Waals surface area contributed by atoms with Crippen molar-refractivity contribution in [1.29, 1.82) is 0 Å². The highest BCUT2D eigenvalue weighted by Gasteiger charge is 2.36. The molecule has 0 aliphatic carbocycles. The lowest BCUT2D eigenvalue weighted by Crippen LogP contribution is -2.44. The van der Waals surface area contributed by atoms with Crippen molar-refractivity contribution < 1.29 is 4.79 Å². The summed E-state index contributed by atoms with van der Waals surface area (Å²) in [5.74, 6) is 0.110. The van der Waals surface area contributed by atoms with Crippen LogP contribution in [0, 0.1) is 0 Å². The molecule has 0 radical (unpaired) electrons. The zero-order valence-corrected chi connectivity index (χ0v) is 15.4. The van der Waals surface area contributed by atoms with Crippen LogP contribution in [0.1, 0.15) is 38.7 Å². The first-order valence-corrected chi connectivity index (χ1v) is 8.43. The van der Waals surface area contributed by atoms with Crippen molar-refractivity contribution in [2.24, 2.45) is 0 Å². The highest BCUT2D eigenvalue weighted by atomic mass is 35.5. The molecule has 23 heavy (non-hydrogen) atoms. The van der Waals surface area contributed by atoms with Gasteiger partial charge in [0.1, 0.15) is 0 Å². The van der Waals surface area contributed by atoms with Crippen LogP contribution < -0.4 is 10.6 Å². The van der Waals surface area contributed by atoms with Gasteiger partial charge in [0.2, 0.25) is 5.91 Å². The molecular formula is C18H26Cl2N2O. The Kier molecular flexibility index (Phi) is 8.10. The first kappa shape index (κ1) is 20.0.